The second-order valence-electron chi connectivity index (χ2n) is 4.69. The summed E-state index contributed by atoms with van der Waals surface area (Å²) in [6, 6.07) is 0. The van der Waals surface area contributed by atoms with Gasteiger partial charge in [-0.05, 0) is 19.8 Å². The maximum atomic E-state index is 11.8. The van der Waals surface area contributed by atoms with Gasteiger partial charge in [-0.2, -0.15) is 0 Å². The molecule has 0 aromatic heterocycles. The molecule has 0 bridgehead atoms. The Balaban J connectivity index is 0.00000128. The van der Waals surface area contributed by atoms with Crippen molar-refractivity contribution in [3.63, 3.8) is 0 Å². The van der Waals surface area contributed by atoms with Crippen LogP contribution in [0.4, 0.5) is 0 Å². The van der Waals surface area contributed by atoms with Crippen LogP contribution in [0.3, 0.4) is 0 Å². The summed E-state index contributed by atoms with van der Waals surface area (Å²) in [4.78, 5) is 0. The molecule has 6 heteroatoms. The Bertz CT molecular complexity index is 325. The van der Waals surface area contributed by atoms with E-state index in [1.807, 2.05) is 6.92 Å². The third-order valence-corrected chi connectivity index (χ3v) is 5.63. The van der Waals surface area contributed by atoms with Crippen LogP contribution < -0.4 is 5.32 Å². The molecule has 2 atom stereocenters. The second kappa shape index (κ2) is 5.21. The molecular weight excluding hydrogens is 250 g/mol. The number of ether oxygens (including phenoxy) is 1. The molecule has 2 rings (SSSR count). The lowest BCUT2D eigenvalue weighted by Crippen LogP contribution is -2.44. The largest absolute Gasteiger partial charge is 0.360 e. The fourth-order valence-corrected chi connectivity index (χ4v) is 4.50. The smallest absolute Gasteiger partial charge is 0.153 e. The average molecular weight is 270 g/mol. The van der Waals surface area contributed by atoms with E-state index in [1.54, 1.807) is 0 Å². The third kappa shape index (κ3) is 3.09. The zero-order valence-electron chi connectivity index (χ0n) is 9.57. The highest BCUT2D eigenvalue weighted by molar-refractivity contribution is 7.92. The van der Waals surface area contributed by atoms with Crippen LogP contribution in [0.2, 0.25) is 0 Å². The molecule has 4 nitrogen and oxygen atoms in total. The van der Waals surface area contributed by atoms with Crippen LogP contribution in [-0.4, -0.2) is 38.3 Å². The monoisotopic (exact) mass is 269 g/mol. The van der Waals surface area contributed by atoms with Gasteiger partial charge in [-0.15, -0.1) is 12.4 Å². The standard InChI is InChI=1S/C10H19NO3S.ClH/c1-10(11-5-6-14-10)8-9-4-2-3-7-15(9,12)13;/h9,11H,2-8H2,1H3;1H. The van der Waals surface area contributed by atoms with Gasteiger partial charge in [0.1, 0.15) is 5.72 Å². The van der Waals surface area contributed by atoms with E-state index in [0.29, 0.717) is 18.8 Å². The SMILES string of the molecule is CC1(CC2CCCCS2(=O)=O)NCCO1.Cl. The van der Waals surface area contributed by atoms with Crippen molar-refractivity contribution in [3.8, 4) is 0 Å². The van der Waals surface area contributed by atoms with E-state index in [-0.39, 0.29) is 17.7 Å². The van der Waals surface area contributed by atoms with Crippen LogP contribution in [0, 0.1) is 0 Å². The lowest BCUT2D eigenvalue weighted by molar-refractivity contribution is -0.00194. The molecule has 2 aliphatic rings. The van der Waals surface area contributed by atoms with E-state index in [2.05, 4.69) is 5.32 Å². The topological polar surface area (TPSA) is 55.4 Å². The molecule has 2 aliphatic heterocycles. The molecule has 2 saturated heterocycles. The Morgan fingerprint density at radius 2 is 2.19 bits per heavy atom. The van der Waals surface area contributed by atoms with Crippen molar-refractivity contribution in [1.29, 1.82) is 0 Å². The van der Waals surface area contributed by atoms with E-state index in [4.69, 9.17) is 4.74 Å². The number of sulfone groups is 1. The highest BCUT2D eigenvalue weighted by Gasteiger charge is 2.38. The molecule has 2 heterocycles. The van der Waals surface area contributed by atoms with Crippen LogP contribution in [0.5, 0.6) is 0 Å². The molecular formula is C10H20ClNO3S. The van der Waals surface area contributed by atoms with Gasteiger partial charge in [0.15, 0.2) is 9.84 Å². The highest BCUT2D eigenvalue weighted by atomic mass is 35.5. The van der Waals surface area contributed by atoms with Gasteiger partial charge in [0.25, 0.3) is 0 Å². The zero-order valence-corrected chi connectivity index (χ0v) is 11.2. The van der Waals surface area contributed by atoms with Crippen molar-refractivity contribution in [1.82, 2.24) is 5.32 Å². The molecule has 16 heavy (non-hydrogen) atoms. The molecule has 0 aliphatic carbocycles. The maximum absolute atomic E-state index is 11.8. The molecule has 0 saturated carbocycles. The first-order valence-corrected chi connectivity index (χ1v) is 7.34. The lowest BCUT2D eigenvalue weighted by atomic mass is 10.0. The van der Waals surface area contributed by atoms with Gasteiger partial charge >= 0.3 is 0 Å². The minimum absolute atomic E-state index is 0. The van der Waals surface area contributed by atoms with E-state index in [9.17, 15) is 8.42 Å². The van der Waals surface area contributed by atoms with Crippen molar-refractivity contribution in [2.24, 2.45) is 0 Å². The van der Waals surface area contributed by atoms with Gasteiger partial charge in [-0.1, -0.05) is 6.42 Å². The van der Waals surface area contributed by atoms with E-state index in [1.165, 1.54) is 0 Å². The normalized spacial score (nSPS) is 37.9. The molecule has 0 spiro atoms. The van der Waals surface area contributed by atoms with Crippen molar-refractivity contribution in [2.75, 3.05) is 18.9 Å². The molecule has 2 unspecified atom stereocenters. The van der Waals surface area contributed by atoms with Crippen molar-refractivity contribution in [3.05, 3.63) is 0 Å². The average Bonchev–Trinajstić information content (AvgIpc) is 2.56. The molecule has 0 radical (unpaired) electrons. The first-order chi connectivity index (χ1) is 7.02. The Morgan fingerprint density at radius 3 is 2.75 bits per heavy atom. The third-order valence-electron chi connectivity index (χ3n) is 3.35. The summed E-state index contributed by atoms with van der Waals surface area (Å²) >= 11 is 0. The van der Waals surface area contributed by atoms with E-state index >= 15 is 0 Å². The fourth-order valence-electron chi connectivity index (χ4n) is 2.46. The van der Waals surface area contributed by atoms with Crippen molar-refractivity contribution in [2.45, 2.75) is 43.6 Å². The lowest BCUT2D eigenvalue weighted by Gasteiger charge is -2.30. The Hall–Kier alpha value is 0.160. The van der Waals surface area contributed by atoms with Gasteiger partial charge in [-0.25, -0.2) is 8.42 Å². The Labute approximate surface area is 103 Å². The molecule has 96 valence electrons. The Morgan fingerprint density at radius 1 is 1.44 bits per heavy atom. The Kier molecular flexibility index (Phi) is 4.63. The molecule has 0 amide bonds. The molecule has 0 aromatic carbocycles. The quantitative estimate of drug-likeness (QED) is 0.816. The summed E-state index contributed by atoms with van der Waals surface area (Å²) in [5.74, 6) is 0.355. The maximum Gasteiger partial charge on any atom is 0.153 e. The summed E-state index contributed by atoms with van der Waals surface area (Å²) in [5, 5.41) is 3.02. The van der Waals surface area contributed by atoms with Crippen LogP contribution in [0.1, 0.15) is 32.6 Å². The van der Waals surface area contributed by atoms with Gasteiger partial charge in [-0.3, -0.25) is 5.32 Å². The summed E-state index contributed by atoms with van der Waals surface area (Å²) in [6.07, 6.45) is 3.24. The summed E-state index contributed by atoms with van der Waals surface area (Å²) in [7, 11) is -2.87. The van der Waals surface area contributed by atoms with Crippen LogP contribution >= 0.6 is 12.4 Å². The first-order valence-electron chi connectivity index (χ1n) is 5.62. The number of nitrogens with one attached hydrogen (secondary N) is 1. The number of halogens is 1. The van der Waals surface area contributed by atoms with Gasteiger partial charge < -0.3 is 4.74 Å². The number of rotatable bonds is 2. The first kappa shape index (κ1) is 14.2. The summed E-state index contributed by atoms with van der Waals surface area (Å²) < 4.78 is 29.2. The number of hydrogen-bond donors (Lipinski definition) is 1. The fraction of sp³-hybridized carbons (Fsp3) is 1.00. The summed E-state index contributed by atoms with van der Waals surface area (Å²) in [6.45, 7) is 3.46. The van der Waals surface area contributed by atoms with E-state index < -0.39 is 15.6 Å². The predicted molar refractivity (Wildman–Crippen MR) is 65.7 cm³/mol. The van der Waals surface area contributed by atoms with Crippen LogP contribution in [-0.2, 0) is 14.6 Å². The number of hydrogen-bond acceptors (Lipinski definition) is 4. The minimum Gasteiger partial charge on any atom is -0.360 e. The van der Waals surface area contributed by atoms with Crippen LogP contribution in [0.25, 0.3) is 0 Å². The van der Waals surface area contributed by atoms with Crippen LogP contribution in [0.15, 0.2) is 0 Å². The van der Waals surface area contributed by atoms with Gasteiger partial charge in [0.2, 0.25) is 0 Å². The summed E-state index contributed by atoms with van der Waals surface area (Å²) in [5.41, 5.74) is -0.422. The minimum atomic E-state index is -2.87. The predicted octanol–water partition coefficient (Wildman–Crippen LogP) is 1.10. The highest BCUT2D eigenvalue weighted by Crippen LogP contribution is 2.28. The second-order valence-corrected chi connectivity index (χ2v) is 7.10. The molecule has 2 fully saturated rings. The van der Waals surface area contributed by atoms with E-state index in [0.717, 1.165) is 25.8 Å². The van der Waals surface area contributed by atoms with Crippen molar-refractivity contribution < 1.29 is 13.2 Å². The molecule has 1 N–H and O–H groups in total. The van der Waals surface area contributed by atoms with Gasteiger partial charge in [0, 0.05) is 13.0 Å². The van der Waals surface area contributed by atoms with Gasteiger partial charge in [0.05, 0.1) is 17.6 Å². The molecule has 0 aromatic rings. The van der Waals surface area contributed by atoms with Crippen molar-refractivity contribution >= 4 is 22.2 Å². The zero-order chi connectivity index (χ0) is 10.9.